The monoisotopic (exact) mass is 353 g/mol. The van der Waals surface area contributed by atoms with Crippen LogP contribution < -0.4 is 5.43 Å². The van der Waals surface area contributed by atoms with Crippen LogP contribution in [0.1, 0.15) is 5.56 Å². The lowest BCUT2D eigenvalue weighted by Crippen LogP contribution is -2.16. The first-order valence-corrected chi connectivity index (χ1v) is 9.13. The van der Waals surface area contributed by atoms with Crippen LogP contribution in [0.4, 0.5) is 0 Å². The Morgan fingerprint density at radius 3 is 2.48 bits per heavy atom. The van der Waals surface area contributed by atoms with Gasteiger partial charge in [-0.1, -0.05) is 12.1 Å². The standard InChI is InChI=1S/C16H11N5O3S/c1-20-10-5-3-4-6-11(10)21-12-8-18-16(25(2,23)24)19-13(12)14(22)9(7-17)15(20)21/h3-6,8H,1-2H3. The minimum Gasteiger partial charge on any atom is -0.328 e. The third-order valence-electron chi connectivity index (χ3n) is 4.11. The average Bonchev–Trinajstić information content (AvgIpc) is 2.88. The van der Waals surface area contributed by atoms with Gasteiger partial charge in [0.1, 0.15) is 22.8 Å². The van der Waals surface area contributed by atoms with Gasteiger partial charge in [-0.3, -0.25) is 9.20 Å². The molecule has 0 saturated heterocycles. The molecule has 3 aromatic heterocycles. The normalized spacial score (nSPS) is 12.0. The number of sulfone groups is 1. The van der Waals surface area contributed by atoms with E-state index in [1.807, 2.05) is 30.3 Å². The summed E-state index contributed by atoms with van der Waals surface area (Å²) in [7, 11) is -1.92. The molecule has 0 aliphatic rings. The maximum absolute atomic E-state index is 12.7. The smallest absolute Gasteiger partial charge is 0.247 e. The summed E-state index contributed by atoms with van der Waals surface area (Å²) >= 11 is 0. The molecule has 0 fully saturated rings. The molecule has 0 atom stereocenters. The molecule has 8 nitrogen and oxygen atoms in total. The first-order valence-electron chi connectivity index (χ1n) is 7.23. The van der Waals surface area contributed by atoms with Gasteiger partial charge < -0.3 is 4.57 Å². The van der Waals surface area contributed by atoms with E-state index in [1.54, 1.807) is 16.0 Å². The van der Waals surface area contributed by atoms with E-state index in [4.69, 9.17) is 0 Å². The highest BCUT2D eigenvalue weighted by atomic mass is 32.2. The minimum atomic E-state index is -3.68. The Kier molecular flexibility index (Phi) is 2.98. The van der Waals surface area contributed by atoms with Crippen molar-refractivity contribution in [3.63, 3.8) is 0 Å². The molecule has 0 bridgehead atoms. The van der Waals surface area contributed by atoms with Crippen LogP contribution in [0.5, 0.6) is 0 Å². The summed E-state index contributed by atoms with van der Waals surface area (Å²) in [5, 5.41) is 9.07. The highest BCUT2D eigenvalue weighted by molar-refractivity contribution is 7.90. The van der Waals surface area contributed by atoms with E-state index >= 15 is 0 Å². The molecular weight excluding hydrogens is 342 g/mol. The zero-order chi connectivity index (χ0) is 17.9. The van der Waals surface area contributed by atoms with Crippen molar-refractivity contribution in [1.29, 1.82) is 5.26 Å². The highest BCUT2D eigenvalue weighted by Crippen LogP contribution is 2.25. The van der Waals surface area contributed by atoms with Crippen molar-refractivity contribution in [2.24, 2.45) is 7.05 Å². The van der Waals surface area contributed by atoms with Crippen molar-refractivity contribution in [3.8, 4) is 6.07 Å². The van der Waals surface area contributed by atoms with Crippen LogP contribution in [0.15, 0.2) is 40.4 Å². The van der Waals surface area contributed by atoms with Gasteiger partial charge in [-0.2, -0.15) is 5.26 Å². The van der Waals surface area contributed by atoms with Crippen molar-refractivity contribution < 1.29 is 8.42 Å². The molecule has 25 heavy (non-hydrogen) atoms. The van der Waals surface area contributed by atoms with Crippen LogP contribution in [0.2, 0.25) is 0 Å². The van der Waals surface area contributed by atoms with Crippen molar-refractivity contribution in [2.45, 2.75) is 5.16 Å². The number of aromatic nitrogens is 4. The van der Waals surface area contributed by atoms with Crippen LogP contribution in [-0.4, -0.2) is 33.6 Å². The molecule has 3 heterocycles. The van der Waals surface area contributed by atoms with Gasteiger partial charge in [0.25, 0.3) is 0 Å². The number of hydrogen-bond donors (Lipinski definition) is 0. The van der Waals surface area contributed by atoms with Crippen LogP contribution in [0.3, 0.4) is 0 Å². The zero-order valence-corrected chi connectivity index (χ0v) is 14.1. The van der Waals surface area contributed by atoms with E-state index in [9.17, 15) is 18.5 Å². The molecule has 4 aromatic rings. The molecule has 0 saturated carbocycles. The summed E-state index contributed by atoms with van der Waals surface area (Å²) in [4.78, 5) is 20.6. The van der Waals surface area contributed by atoms with E-state index in [1.165, 1.54) is 6.20 Å². The van der Waals surface area contributed by atoms with E-state index < -0.39 is 20.4 Å². The number of nitrogens with zero attached hydrogens (tertiary/aromatic N) is 5. The second-order valence-electron chi connectivity index (χ2n) is 5.68. The molecule has 1 aromatic carbocycles. The minimum absolute atomic E-state index is 0.0932. The molecule has 0 N–H and O–H groups in total. The number of fused-ring (bicyclic) bond motifs is 5. The summed E-state index contributed by atoms with van der Waals surface area (Å²) < 4.78 is 26.9. The summed E-state index contributed by atoms with van der Waals surface area (Å²) in [6.45, 7) is 0. The number of pyridine rings is 1. The third-order valence-corrected chi connectivity index (χ3v) is 4.97. The molecule has 9 heteroatoms. The molecule has 4 rings (SSSR count). The summed E-state index contributed by atoms with van der Waals surface area (Å²) in [6.07, 6.45) is 2.27. The molecular formula is C16H11N5O3S. The number of para-hydroxylation sites is 2. The van der Waals surface area contributed by atoms with Gasteiger partial charge in [0.2, 0.25) is 20.4 Å². The Hall–Kier alpha value is -3.25. The first-order chi connectivity index (χ1) is 11.8. The molecule has 0 spiro atoms. The zero-order valence-electron chi connectivity index (χ0n) is 13.3. The SMILES string of the molecule is Cn1c2ccccc2n2c3cnc(S(C)(=O)=O)nc3c(=O)c(C#N)c12. The number of nitriles is 1. The topological polar surface area (TPSA) is 110 Å². The Labute approximate surface area is 141 Å². The van der Waals surface area contributed by atoms with Gasteiger partial charge in [0, 0.05) is 13.3 Å². The number of hydrogen-bond acceptors (Lipinski definition) is 6. The van der Waals surface area contributed by atoms with Crippen LogP contribution in [0, 0.1) is 11.3 Å². The largest absolute Gasteiger partial charge is 0.328 e. The van der Waals surface area contributed by atoms with Crippen LogP contribution in [0.25, 0.3) is 27.7 Å². The maximum Gasteiger partial charge on any atom is 0.247 e. The van der Waals surface area contributed by atoms with Gasteiger partial charge in [-0.15, -0.1) is 0 Å². The Balaban J connectivity index is 2.39. The van der Waals surface area contributed by atoms with E-state index in [2.05, 4.69) is 9.97 Å². The molecule has 124 valence electrons. The molecule has 0 aliphatic heterocycles. The fraction of sp³-hybridized carbons (Fsp3) is 0.125. The van der Waals surface area contributed by atoms with E-state index in [-0.39, 0.29) is 11.1 Å². The first kappa shape index (κ1) is 15.3. The fourth-order valence-electron chi connectivity index (χ4n) is 3.03. The van der Waals surface area contributed by atoms with Crippen molar-refractivity contribution in [2.75, 3.05) is 6.26 Å². The van der Waals surface area contributed by atoms with E-state index in [0.29, 0.717) is 11.2 Å². The van der Waals surface area contributed by atoms with E-state index in [0.717, 1.165) is 17.3 Å². The van der Waals surface area contributed by atoms with Gasteiger partial charge in [-0.05, 0) is 12.1 Å². The van der Waals surface area contributed by atoms with Gasteiger partial charge >= 0.3 is 0 Å². The van der Waals surface area contributed by atoms with Crippen molar-refractivity contribution in [3.05, 3.63) is 46.2 Å². The molecule has 0 amide bonds. The second kappa shape index (κ2) is 4.87. The number of rotatable bonds is 1. The van der Waals surface area contributed by atoms with Crippen LogP contribution >= 0.6 is 0 Å². The Morgan fingerprint density at radius 2 is 1.84 bits per heavy atom. The van der Waals surface area contributed by atoms with Crippen LogP contribution in [-0.2, 0) is 16.9 Å². The number of imidazole rings is 1. The average molecular weight is 353 g/mol. The van der Waals surface area contributed by atoms with Gasteiger partial charge in [0.05, 0.1) is 22.7 Å². The lowest BCUT2D eigenvalue weighted by atomic mass is 10.2. The highest BCUT2D eigenvalue weighted by Gasteiger charge is 2.21. The fourth-order valence-corrected chi connectivity index (χ4v) is 3.53. The number of aryl methyl sites for hydroxylation is 1. The maximum atomic E-state index is 12.7. The van der Waals surface area contributed by atoms with Crippen molar-refractivity contribution >= 4 is 37.6 Å². The quantitative estimate of drug-likeness (QED) is 0.472. The van der Waals surface area contributed by atoms with Gasteiger partial charge in [0.15, 0.2) is 0 Å². The molecule has 0 unspecified atom stereocenters. The number of benzene rings is 1. The predicted octanol–water partition coefficient (Wildman–Crippen LogP) is 1.01. The van der Waals surface area contributed by atoms with Crippen molar-refractivity contribution in [1.82, 2.24) is 18.9 Å². The summed E-state index contributed by atoms with van der Waals surface area (Å²) in [5.74, 6) is 0. The second-order valence-corrected chi connectivity index (χ2v) is 7.59. The lowest BCUT2D eigenvalue weighted by molar-refractivity contribution is 0.593. The summed E-state index contributed by atoms with van der Waals surface area (Å²) in [6, 6.07) is 9.33. The Bertz CT molecular complexity index is 1410. The lowest BCUT2D eigenvalue weighted by Gasteiger charge is -2.06. The Morgan fingerprint density at radius 1 is 1.16 bits per heavy atom. The molecule has 0 aliphatic carbocycles. The molecule has 0 radical (unpaired) electrons. The third kappa shape index (κ3) is 1.98. The van der Waals surface area contributed by atoms with Gasteiger partial charge in [-0.25, -0.2) is 18.4 Å². The predicted molar refractivity (Wildman–Crippen MR) is 91.1 cm³/mol. The summed E-state index contributed by atoms with van der Waals surface area (Å²) in [5.41, 5.74) is 1.54.